The lowest BCUT2D eigenvalue weighted by Crippen LogP contribution is -2.21. The number of amides is 1. The molecule has 2 aromatic carbocycles. The number of tetrazole rings is 1. The highest BCUT2D eigenvalue weighted by Crippen LogP contribution is 2.24. The Morgan fingerprint density at radius 2 is 2.00 bits per heavy atom. The van der Waals surface area contributed by atoms with Gasteiger partial charge in [-0.3, -0.25) is 4.79 Å². The molecule has 0 aliphatic rings. The Kier molecular flexibility index (Phi) is 4.65. The van der Waals surface area contributed by atoms with E-state index in [1.165, 1.54) is 6.33 Å². The molecule has 3 aromatic rings. The van der Waals surface area contributed by atoms with Crippen molar-refractivity contribution in [2.45, 2.75) is 26.2 Å². The van der Waals surface area contributed by atoms with Crippen LogP contribution in [0.4, 0.5) is 5.69 Å². The molecule has 122 valence electrons. The van der Waals surface area contributed by atoms with Gasteiger partial charge >= 0.3 is 0 Å². The quantitative estimate of drug-likeness (QED) is 0.783. The zero-order chi connectivity index (χ0) is 16.9. The molecule has 0 spiro atoms. The largest absolute Gasteiger partial charge is 0.325 e. The van der Waals surface area contributed by atoms with Crippen molar-refractivity contribution in [3.8, 4) is 5.69 Å². The second kappa shape index (κ2) is 7.04. The van der Waals surface area contributed by atoms with Gasteiger partial charge in [-0.05, 0) is 47.0 Å². The van der Waals surface area contributed by atoms with Crippen molar-refractivity contribution in [2.24, 2.45) is 0 Å². The van der Waals surface area contributed by atoms with Crippen LogP contribution in [0.25, 0.3) is 5.69 Å². The molecule has 24 heavy (non-hydrogen) atoms. The van der Waals surface area contributed by atoms with Gasteiger partial charge in [0.2, 0.25) is 5.91 Å². The fourth-order valence-corrected chi connectivity index (χ4v) is 2.64. The maximum absolute atomic E-state index is 12.7. The summed E-state index contributed by atoms with van der Waals surface area (Å²) in [5, 5.41) is 14.2. The molecule has 3 rings (SSSR count). The number of carbonyl (C=O) groups excluding carboxylic acids is 1. The van der Waals surface area contributed by atoms with Crippen LogP contribution >= 0.6 is 0 Å². The number of anilines is 1. The van der Waals surface area contributed by atoms with E-state index < -0.39 is 0 Å². The smallest absolute Gasteiger partial charge is 0.231 e. The van der Waals surface area contributed by atoms with Crippen molar-refractivity contribution in [3.63, 3.8) is 0 Å². The molecule has 0 saturated heterocycles. The molecule has 0 aliphatic heterocycles. The Morgan fingerprint density at radius 1 is 1.21 bits per heavy atom. The third kappa shape index (κ3) is 3.32. The van der Waals surface area contributed by atoms with Crippen molar-refractivity contribution in [1.29, 1.82) is 0 Å². The number of aryl methyl sites for hydroxylation is 1. The van der Waals surface area contributed by atoms with E-state index in [4.69, 9.17) is 0 Å². The molecule has 0 aliphatic carbocycles. The maximum atomic E-state index is 12.7. The number of hydrogen-bond donors (Lipinski definition) is 1. The van der Waals surface area contributed by atoms with Crippen LogP contribution in [0.5, 0.6) is 0 Å². The number of nitrogens with one attached hydrogen (secondary N) is 1. The molecule has 6 nitrogen and oxygen atoms in total. The third-order valence-electron chi connectivity index (χ3n) is 4.02. The minimum atomic E-state index is -0.178. The Bertz CT molecular complexity index is 815. The van der Waals surface area contributed by atoms with E-state index in [0.29, 0.717) is 0 Å². The average molecular weight is 321 g/mol. The lowest BCUT2D eigenvalue weighted by atomic mass is 9.95. The summed E-state index contributed by atoms with van der Waals surface area (Å²) in [5.74, 6) is -0.192. The van der Waals surface area contributed by atoms with Gasteiger partial charge in [0.15, 0.2) is 0 Å². The van der Waals surface area contributed by atoms with E-state index in [1.807, 2.05) is 62.4 Å². The van der Waals surface area contributed by atoms with Crippen LogP contribution in [0, 0.1) is 6.92 Å². The van der Waals surface area contributed by atoms with Crippen molar-refractivity contribution < 1.29 is 4.79 Å². The minimum Gasteiger partial charge on any atom is -0.325 e. The molecule has 1 amide bonds. The first-order chi connectivity index (χ1) is 11.7. The van der Waals surface area contributed by atoms with Crippen molar-refractivity contribution in [1.82, 2.24) is 20.2 Å². The van der Waals surface area contributed by atoms with Crippen LogP contribution in [0.3, 0.4) is 0 Å². The van der Waals surface area contributed by atoms with Gasteiger partial charge in [-0.1, -0.05) is 43.3 Å². The summed E-state index contributed by atoms with van der Waals surface area (Å²) in [6, 6.07) is 15.6. The van der Waals surface area contributed by atoms with Gasteiger partial charge in [-0.15, -0.1) is 5.10 Å². The molecule has 0 fully saturated rings. The maximum Gasteiger partial charge on any atom is 0.231 e. The molecule has 0 unspecified atom stereocenters. The Labute approximate surface area is 140 Å². The molecule has 0 saturated carbocycles. The summed E-state index contributed by atoms with van der Waals surface area (Å²) in [6.07, 6.45) is 2.26. The summed E-state index contributed by atoms with van der Waals surface area (Å²) in [5.41, 5.74) is 3.57. The van der Waals surface area contributed by atoms with Gasteiger partial charge in [-0.2, -0.15) is 0 Å². The number of carbonyl (C=O) groups is 1. The summed E-state index contributed by atoms with van der Waals surface area (Å²) < 4.78 is 1.56. The molecule has 1 atom stereocenters. The topological polar surface area (TPSA) is 72.7 Å². The fraction of sp³-hybridized carbons (Fsp3) is 0.222. The second-order valence-electron chi connectivity index (χ2n) is 5.61. The van der Waals surface area contributed by atoms with E-state index in [1.54, 1.807) is 4.68 Å². The predicted molar refractivity (Wildman–Crippen MR) is 92.0 cm³/mol. The molecule has 1 N–H and O–H groups in total. The van der Waals surface area contributed by atoms with Gasteiger partial charge in [0.05, 0.1) is 11.6 Å². The molecular weight excluding hydrogens is 302 g/mol. The van der Waals surface area contributed by atoms with Gasteiger partial charge in [-0.25, -0.2) is 4.68 Å². The van der Waals surface area contributed by atoms with Crippen LogP contribution in [-0.4, -0.2) is 26.1 Å². The van der Waals surface area contributed by atoms with Gasteiger partial charge < -0.3 is 5.32 Å². The highest BCUT2D eigenvalue weighted by Gasteiger charge is 2.19. The normalized spacial score (nSPS) is 11.9. The van der Waals surface area contributed by atoms with Crippen LogP contribution < -0.4 is 5.32 Å². The standard InChI is InChI=1S/C18H19N5O/c1-3-16(14-7-5-4-6-8-14)18(24)20-17-11-15(10-9-13(17)2)23-12-19-21-22-23/h4-12,16H,3H2,1-2H3,(H,20,24)/t16-/m0/s1. The van der Waals surface area contributed by atoms with Crippen molar-refractivity contribution in [3.05, 3.63) is 66.0 Å². The van der Waals surface area contributed by atoms with Gasteiger partial charge in [0.1, 0.15) is 6.33 Å². The zero-order valence-corrected chi connectivity index (χ0v) is 13.7. The fourth-order valence-electron chi connectivity index (χ4n) is 2.64. The number of benzene rings is 2. The Balaban J connectivity index is 1.84. The highest BCUT2D eigenvalue weighted by atomic mass is 16.1. The highest BCUT2D eigenvalue weighted by molar-refractivity contribution is 5.96. The lowest BCUT2D eigenvalue weighted by Gasteiger charge is -2.17. The van der Waals surface area contributed by atoms with Crippen molar-refractivity contribution >= 4 is 11.6 Å². The first-order valence-corrected chi connectivity index (χ1v) is 7.89. The first kappa shape index (κ1) is 15.9. The zero-order valence-electron chi connectivity index (χ0n) is 13.7. The lowest BCUT2D eigenvalue weighted by molar-refractivity contribution is -0.117. The van der Waals surface area contributed by atoms with Crippen LogP contribution in [0.2, 0.25) is 0 Å². The van der Waals surface area contributed by atoms with Crippen LogP contribution in [-0.2, 0) is 4.79 Å². The van der Waals surface area contributed by atoms with Gasteiger partial charge in [0, 0.05) is 5.69 Å². The third-order valence-corrected chi connectivity index (χ3v) is 4.02. The minimum absolute atomic E-state index is 0.0133. The molecule has 0 radical (unpaired) electrons. The van der Waals surface area contributed by atoms with Crippen LogP contribution in [0.1, 0.15) is 30.4 Å². The number of rotatable bonds is 5. The number of aromatic nitrogens is 4. The van der Waals surface area contributed by atoms with E-state index >= 15 is 0 Å². The van der Waals surface area contributed by atoms with E-state index in [-0.39, 0.29) is 11.8 Å². The van der Waals surface area contributed by atoms with E-state index in [9.17, 15) is 4.79 Å². The molecule has 6 heteroatoms. The van der Waals surface area contributed by atoms with Crippen LogP contribution in [0.15, 0.2) is 54.9 Å². The first-order valence-electron chi connectivity index (χ1n) is 7.89. The molecule has 1 heterocycles. The molecular formula is C18H19N5O. The second-order valence-corrected chi connectivity index (χ2v) is 5.61. The van der Waals surface area contributed by atoms with E-state index in [0.717, 1.165) is 28.9 Å². The molecule has 1 aromatic heterocycles. The summed E-state index contributed by atoms with van der Waals surface area (Å²) >= 11 is 0. The van der Waals surface area contributed by atoms with Gasteiger partial charge in [0.25, 0.3) is 0 Å². The van der Waals surface area contributed by atoms with Crippen molar-refractivity contribution in [2.75, 3.05) is 5.32 Å². The average Bonchev–Trinajstić information content (AvgIpc) is 3.13. The molecule has 0 bridgehead atoms. The summed E-state index contributed by atoms with van der Waals surface area (Å²) in [7, 11) is 0. The van der Waals surface area contributed by atoms with E-state index in [2.05, 4.69) is 20.8 Å². The number of nitrogens with zero attached hydrogens (tertiary/aromatic N) is 4. The summed E-state index contributed by atoms with van der Waals surface area (Å²) in [6.45, 7) is 3.98. The SMILES string of the molecule is CC[C@H](C(=O)Nc1cc(-n2cnnn2)ccc1C)c1ccccc1. The summed E-state index contributed by atoms with van der Waals surface area (Å²) in [4.78, 5) is 12.7. The number of hydrogen-bond acceptors (Lipinski definition) is 4. The Hall–Kier alpha value is -3.02. The predicted octanol–water partition coefficient (Wildman–Crippen LogP) is 3.10. The monoisotopic (exact) mass is 321 g/mol. The Morgan fingerprint density at radius 3 is 2.67 bits per heavy atom.